The van der Waals surface area contributed by atoms with Gasteiger partial charge in [0.25, 0.3) is 10.0 Å². The maximum atomic E-state index is 12.6. The van der Waals surface area contributed by atoms with Crippen LogP contribution in [-0.4, -0.2) is 36.4 Å². The number of carboxylic acid groups (broad SMARTS) is 1. The van der Waals surface area contributed by atoms with Gasteiger partial charge in [-0.25, -0.2) is 8.42 Å². The van der Waals surface area contributed by atoms with Crippen LogP contribution in [0.15, 0.2) is 10.3 Å². The molecule has 1 aromatic heterocycles. The van der Waals surface area contributed by atoms with Crippen LogP contribution in [0.1, 0.15) is 31.2 Å². The fraction of sp³-hybridized carbons (Fsp3) is 0.583. The molecule has 1 aliphatic rings. The number of carboxylic acids is 1. The molecule has 1 aromatic rings. The van der Waals surface area contributed by atoms with E-state index < -0.39 is 22.0 Å². The SMILES string of the molecule is Cc1cc(S(=O)(=O)N2CCCCC2CC(=O)O)sc1Cl. The highest BCUT2D eigenvalue weighted by molar-refractivity contribution is 7.91. The molecule has 1 fully saturated rings. The normalized spacial score (nSPS) is 21.0. The molecule has 0 radical (unpaired) electrons. The summed E-state index contributed by atoms with van der Waals surface area (Å²) in [5, 5.41) is 8.93. The number of carbonyl (C=O) groups is 1. The Balaban J connectivity index is 2.32. The number of hydrogen-bond donors (Lipinski definition) is 1. The molecule has 112 valence electrons. The van der Waals surface area contributed by atoms with Gasteiger partial charge < -0.3 is 5.11 Å². The summed E-state index contributed by atoms with van der Waals surface area (Å²) in [5.41, 5.74) is 0.724. The molecule has 0 amide bonds. The molecule has 2 heterocycles. The number of aliphatic carboxylic acids is 1. The second-order valence-electron chi connectivity index (χ2n) is 4.89. The van der Waals surface area contributed by atoms with Gasteiger partial charge in [-0.3, -0.25) is 4.79 Å². The van der Waals surface area contributed by atoms with Crippen molar-refractivity contribution in [3.05, 3.63) is 16.0 Å². The van der Waals surface area contributed by atoms with Crippen LogP contribution in [0, 0.1) is 6.92 Å². The van der Waals surface area contributed by atoms with Crippen LogP contribution in [0.2, 0.25) is 4.34 Å². The maximum absolute atomic E-state index is 12.6. The number of piperidine rings is 1. The number of halogens is 1. The molecule has 0 aliphatic carbocycles. The minimum absolute atomic E-state index is 0.155. The number of aryl methyl sites for hydroxylation is 1. The average Bonchev–Trinajstić information content (AvgIpc) is 2.70. The molecular weight excluding hydrogens is 322 g/mol. The van der Waals surface area contributed by atoms with Gasteiger partial charge >= 0.3 is 5.97 Å². The van der Waals surface area contributed by atoms with E-state index in [9.17, 15) is 13.2 Å². The quantitative estimate of drug-likeness (QED) is 0.916. The number of nitrogens with zero attached hydrogens (tertiary/aromatic N) is 1. The highest BCUT2D eigenvalue weighted by Crippen LogP contribution is 2.34. The third kappa shape index (κ3) is 3.16. The topological polar surface area (TPSA) is 74.7 Å². The van der Waals surface area contributed by atoms with Crippen molar-refractivity contribution in [2.45, 2.75) is 42.9 Å². The monoisotopic (exact) mass is 337 g/mol. The molecule has 1 atom stereocenters. The lowest BCUT2D eigenvalue weighted by atomic mass is 10.0. The largest absolute Gasteiger partial charge is 0.481 e. The van der Waals surface area contributed by atoms with E-state index in [1.807, 2.05) is 0 Å². The van der Waals surface area contributed by atoms with Crippen molar-refractivity contribution in [2.75, 3.05) is 6.54 Å². The standard InChI is InChI=1S/C12H16ClNO4S2/c1-8-6-11(19-12(8)13)20(17,18)14-5-3-2-4-9(14)7-10(15)16/h6,9H,2-5,7H2,1H3,(H,15,16). The fourth-order valence-corrected chi connectivity index (χ4v) is 5.90. The van der Waals surface area contributed by atoms with Crippen LogP contribution < -0.4 is 0 Å². The summed E-state index contributed by atoms with van der Waals surface area (Å²) in [5.74, 6) is -0.975. The van der Waals surface area contributed by atoms with Gasteiger partial charge in [-0.2, -0.15) is 4.31 Å². The first-order valence-corrected chi connectivity index (χ1v) is 8.95. The first-order valence-electron chi connectivity index (χ1n) is 6.32. The Labute approximate surface area is 127 Å². The van der Waals surface area contributed by atoms with Crippen LogP contribution in [0.5, 0.6) is 0 Å². The molecule has 0 spiro atoms. The Bertz CT molecular complexity index is 591. The Morgan fingerprint density at radius 3 is 2.80 bits per heavy atom. The van der Waals surface area contributed by atoms with Gasteiger partial charge in [0, 0.05) is 12.6 Å². The van der Waals surface area contributed by atoms with E-state index in [0.29, 0.717) is 17.3 Å². The number of sulfonamides is 1. The molecule has 1 unspecified atom stereocenters. The summed E-state index contributed by atoms with van der Waals surface area (Å²) in [4.78, 5) is 10.9. The van der Waals surface area contributed by atoms with Gasteiger partial charge in [0.2, 0.25) is 0 Å². The summed E-state index contributed by atoms with van der Waals surface area (Å²) in [6, 6.07) is 1.09. The van der Waals surface area contributed by atoms with Gasteiger partial charge in [0.1, 0.15) is 4.21 Å². The van der Waals surface area contributed by atoms with E-state index in [0.717, 1.165) is 29.7 Å². The Kier molecular flexibility index (Phi) is 4.73. The first-order chi connectivity index (χ1) is 9.32. The van der Waals surface area contributed by atoms with Gasteiger partial charge in [-0.05, 0) is 31.4 Å². The Hall–Kier alpha value is -0.630. The molecular formula is C12H16ClNO4S2. The second kappa shape index (κ2) is 6.01. The van der Waals surface area contributed by atoms with E-state index in [2.05, 4.69) is 0 Å². The molecule has 1 N–H and O–H groups in total. The molecule has 1 aliphatic heterocycles. The minimum Gasteiger partial charge on any atom is -0.481 e. The summed E-state index contributed by atoms with van der Waals surface area (Å²) >= 11 is 6.96. The molecule has 0 bridgehead atoms. The van der Waals surface area contributed by atoms with E-state index in [4.69, 9.17) is 16.7 Å². The van der Waals surface area contributed by atoms with Crippen LogP contribution in [0.3, 0.4) is 0 Å². The maximum Gasteiger partial charge on any atom is 0.304 e. The van der Waals surface area contributed by atoms with Gasteiger partial charge in [-0.15, -0.1) is 11.3 Å². The number of rotatable bonds is 4. The fourth-order valence-electron chi connectivity index (χ4n) is 2.37. The molecule has 8 heteroatoms. The lowest BCUT2D eigenvalue weighted by Gasteiger charge is -2.33. The van der Waals surface area contributed by atoms with Crippen molar-refractivity contribution < 1.29 is 18.3 Å². The summed E-state index contributed by atoms with van der Waals surface area (Å²) in [6.07, 6.45) is 2.04. The number of thiophene rings is 1. The molecule has 2 rings (SSSR count). The highest BCUT2D eigenvalue weighted by Gasteiger charge is 2.35. The predicted octanol–water partition coefficient (Wildman–Crippen LogP) is 2.73. The van der Waals surface area contributed by atoms with Crippen LogP contribution in [-0.2, 0) is 14.8 Å². The van der Waals surface area contributed by atoms with Crippen LogP contribution in [0.4, 0.5) is 0 Å². The zero-order chi connectivity index (χ0) is 14.9. The lowest BCUT2D eigenvalue weighted by molar-refractivity contribution is -0.138. The summed E-state index contributed by atoms with van der Waals surface area (Å²) in [7, 11) is -3.65. The zero-order valence-corrected chi connectivity index (χ0v) is 13.4. The highest BCUT2D eigenvalue weighted by atomic mass is 35.5. The Morgan fingerprint density at radius 1 is 1.55 bits per heavy atom. The second-order valence-corrected chi connectivity index (χ2v) is 8.66. The third-order valence-corrected chi connectivity index (χ3v) is 7.34. The zero-order valence-electron chi connectivity index (χ0n) is 11.0. The average molecular weight is 338 g/mol. The molecule has 0 aromatic carbocycles. The molecule has 5 nitrogen and oxygen atoms in total. The van der Waals surface area contributed by atoms with E-state index in [1.54, 1.807) is 13.0 Å². The van der Waals surface area contributed by atoms with E-state index >= 15 is 0 Å². The van der Waals surface area contributed by atoms with Crippen molar-refractivity contribution in [3.63, 3.8) is 0 Å². The van der Waals surface area contributed by atoms with Crippen molar-refractivity contribution in [3.8, 4) is 0 Å². The van der Waals surface area contributed by atoms with Crippen LogP contribution in [0.25, 0.3) is 0 Å². The molecule has 1 saturated heterocycles. The van der Waals surface area contributed by atoms with Gasteiger partial charge in [-0.1, -0.05) is 18.0 Å². The lowest BCUT2D eigenvalue weighted by Crippen LogP contribution is -2.44. The third-order valence-electron chi connectivity index (χ3n) is 3.38. The molecule has 20 heavy (non-hydrogen) atoms. The van der Waals surface area contributed by atoms with Gasteiger partial charge in [0.15, 0.2) is 0 Å². The smallest absolute Gasteiger partial charge is 0.304 e. The van der Waals surface area contributed by atoms with Gasteiger partial charge in [0.05, 0.1) is 10.8 Å². The summed E-state index contributed by atoms with van der Waals surface area (Å²) in [6.45, 7) is 2.12. The van der Waals surface area contributed by atoms with E-state index in [-0.39, 0.29) is 10.6 Å². The minimum atomic E-state index is -3.65. The molecule has 0 saturated carbocycles. The predicted molar refractivity (Wildman–Crippen MR) is 77.8 cm³/mol. The van der Waals surface area contributed by atoms with Crippen molar-refractivity contribution in [1.29, 1.82) is 0 Å². The van der Waals surface area contributed by atoms with Crippen LogP contribution >= 0.6 is 22.9 Å². The van der Waals surface area contributed by atoms with Crippen molar-refractivity contribution >= 4 is 38.9 Å². The summed E-state index contributed by atoms with van der Waals surface area (Å²) < 4.78 is 27.2. The Morgan fingerprint density at radius 2 is 2.25 bits per heavy atom. The van der Waals surface area contributed by atoms with Crippen molar-refractivity contribution in [1.82, 2.24) is 4.31 Å². The first kappa shape index (κ1) is 15.8. The number of hydrogen-bond acceptors (Lipinski definition) is 4. The van der Waals surface area contributed by atoms with E-state index in [1.165, 1.54) is 4.31 Å². The van der Waals surface area contributed by atoms with Crippen molar-refractivity contribution in [2.24, 2.45) is 0 Å².